The highest BCUT2D eigenvalue weighted by atomic mass is 16.5. The molecule has 0 bridgehead atoms. The molecule has 0 radical (unpaired) electrons. The van der Waals surface area contributed by atoms with Crippen LogP contribution in [0.3, 0.4) is 0 Å². The zero-order valence-electron chi connectivity index (χ0n) is 10.1. The first-order chi connectivity index (χ1) is 7.89. The monoisotopic (exact) mass is 233 g/mol. The molecular formula is C13H15NO3. The zero-order chi connectivity index (χ0) is 13.1. The molecule has 4 nitrogen and oxygen atoms in total. The summed E-state index contributed by atoms with van der Waals surface area (Å²) >= 11 is 0. The van der Waals surface area contributed by atoms with E-state index in [-0.39, 0.29) is 11.7 Å². The van der Waals surface area contributed by atoms with Crippen molar-refractivity contribution in [3.63, 3.8) is 0 Å². The summed E-state index contributed by atoms with van der Waals surface area (Å²) in [5, 5.41) is 12.2. The minimum absolute atomic E-state index is 0.0846. The van der Waals surface area contributed by atoms with Crippen molar-refractivity contribution in [2.45, 2.75) is 19.4 Å². The quantitative estimate of drug-likeness (QED) is 0.779. The molecule has 0 aliphatic heterocycles. The first-order valence-corrected chi connectivity index (χ1v) is 5.07. The van der Waals surface area contributed by atoms with Gasteiger partial charge in [0.2, 0.25) is 0 Å². The predicted molar refractivity (Wildman–Crippen MR) is 65.0 cm³/mol. The summed E-state index contributed by atoms with van der Waals surface area (Å²) < 4.78 is 4.89. The lowest BCUT2D eigenvalue weighted by Crippen LogP contribution is -2.42. The van der Waals surface area contributed by atoms with Gasteiger partial charge in [0, 0.05) is 5.56 Å². The summed E-state index contributed by atoms with van der Waals surface area (Å²) in [5.74, 6) is 2.35. The second kappa shape index (κ2) is 4.79. The van der Waals surface area contributed by atoms with Gasteiger partial charge in [0.1, 0.15) is 0 Å². The van der Waals surface area contributed by atoms with Gasteiger partial charge in [-0.25, -0.2) is 0 Å². The summed E-state index contributed by atoms with van der Waals surface area (Å²) in [6, 6.07) is 4.41. The van der Waals surface area contributed by atoms with E-state index in [0.29, 0.717) is 11.3 Å². The van der Waals surface area contributed by atoms with Crippen molar-refractivity contribution < 1.29 is 14.6 Å². The molecule has 0 heterocycles. The lowest BCUT2D eigenvalue weighted by atomic mass is 10.1. The summed E-state index contributed by atoms with van der Waals surface area (Å²) in [6.07, 6.45) is 5.27. The van der Waals surface area contributed by atoms with Gasteiger partial charge in [0.05, 0.1) is 12.6 Å². The molecule has 0 atom stereocenters. The normalized spacial score (nSPS) is 10.5. The van der Waals surface area contributed by atoms with Gasteiger partial charge in [-0.2, -0.15) is 0 Å². The van der Waals surface area contributed by atoms with E-state index in [1.807, 2.05) is 0 Å². The van der Waals surface area contributed by atoms with Crippen LogP contribution in [0.5, 0.6) is 11.5 Å². The van der Waals surface area contributed by atoms with E-state index in [9.17, 15) is 9.90 Å². The summed E-state index contributed by atoms with van der Waals surface area (Å²) in [5.41, 5.74) is -0.404. The van der Waals surface area contributed by atoms with Gasteiger partial charge in [0.25, 0.3) is 5.91 Å². The Labute approximate surface area is 101 Å². The molecule has 1 rings (SSSR count). The smallest absolute Gasteiger partial charge is 0.252 e. The van der Waals surface area contributed by atoms with E-state index >= 15 is 0 Å². The van der Waals surface area contributed by atoms with Crippen LogP contribution in [0.15, 0.2) is 18.2 Å². The first-order valence-electron chi connectivity index (χ1n) is 5.07. The third-order valence-electron chi connectivity index (χ3n) is 2.23. The maximum atomic E-state index is 11.8. The maximum Gasteiger partial charge on any atom is 0.252 e. The van der Waals surface area contributed by atoms with Crippen molar-refractivity contribution in [1.29, 1.82) is 0 Å². The average Bonchev–Trinajstić information content (AvgIpc) is 2.28. The number of hydrogen-bond donors (Lipinski definition) is 2. The Hall–Kier alpha value is -2.15. The number of phenols is 1. The van der Waals surface area contributed by atoms with Crippen LogP contribution < -0.4 is 10.1 Å². The Morgan fingerprint density at radius 3 is 2.65 bits per heavy atom. The number of nitrogens with one attached hydrogen (secondary N) is 1. The zero-order valence-corrected chi connectivity index (χ0v) is 10.1. The highest BCUT2D eigenvalue weighted by molar-refractivity contribution is 5.95. The van der Waals surface area contributed by atoms with E-state index in [1.165, 1.54) is 19.2 Å². The van der Waals surface area contributed by atoms with Crippen LogP contribution in [0.2, 0.25) is 0 Å². The molecular weight excluding hydrogens is 218 g/mol. The Balaban J connectivity index is 2.92. The topological polar surface area (TPSA) is 58.6 Å². The number of ether oxygens (including phenoxy) is 1. The minimum atomic E-state index is -0.730. The van der Waals surface area contributed by atoms with Crippen LogP contribution in [0, 0.1) is 12.3 Å². The third kappa shape index (κ3) is 3.15. The van der Waals surface area contributed by atoms with Gasteiger partial charge in [-0.05, 0) is 32.0 Å². The van der Waals surface area contributed by atoms with E-state index in [1.54, 1.807) is 19.9 Å². The molecule has 0 aromatic heterocycles. The van der Waals surface area contributed by atoms with Gasteiger partial charge in [-0.15, -0.1) is 6.42 Å². The van der Waals surface area contributed by atoms with Gasteiger partial charge in [0.15, 0.2) is 11.5 Å². The first kappa shape index (κ1) is 12.9. The van der Waals surface area contributed by atoms with Crippen molar-refractivity contribution in [2.75, 3.05) is 7.11 Å². The average molecular weight is 233 g/mol. The van der Waals surface area contributed by atoms with Crippen molar-refractivity contribution in [2.24, 2.45) is 0 Å². The largest absolute Gasteiger partial charge is 0.504 e. The number of carbonyl (C=O) groups excluding carboxylic acids is 1. The number of methoxy groups -OCH3 is 1. The summed E-state index contributed by atoms with van der Waals surface area (Å²) in [6.45, 7) is 3.43. The molecule has 17 heavy (non-hydrogen) atoms. The number of amides is 1. The molecule has 90 valence electrons. The van der Waals surface area contributed by atoms with Crippen LogP contribution in [0.25, 0.3) is 0 Å². The van der Waals surface area contributed by atoms with Gasteiger partial charge in [-0.1, -0.05) is 5.92 Å². The van der Waals surface area contributed by atoms with Gasteiger partial charge < -0.3 is 15.2 Å². The van der Waals surface area contributed by atoms with E-state index < -0.39 is 5.54 Å². The highest BCUT2D eigenvalue weighted by Gasteiger charge is 2.18. The second-order valence-corrected chi connectivity index (χ2v) is 4.11. The fourth-order valence-corrected chi connectivity index (χ4v) is 1.22. The van der Waals surface area contributed by atoms with Crippen LogP contribution in [-0.4, -0.2) is 23.7 Å². The standard InChI is InChI=1S/C13H15NO3/c1-5-13(2,3)14-12(16)9-6-7-11(17-4)10(15)8-9/h1,6-8,15H,2-4H3,(H,14,16). The third-order valence-corrected chi connectivity index (χ3v) is 2.23. The van der Waals surface area contributed by atoms with E-state index in [0.717, 1.165) is 0 Å². The molecule has 0 aliphatic rings. The molecule has 4 heteroatoms. The molecule has 1 aromatic carbocycles. The van der Waals surface area contributed by atoms with Crippen molar-refractivity contribution >= 4 is 5.91 Å². The number of rotatable bonds is 3. The number of carbonyl (C=O) groups is 1. The summed E-state index contributed by atoms with van der Waals surface area (Å²) in [7, 11) is 1.44. The second-order valence-electron chi connectivity index (χ2n) is 4.11. The molecule has 0 fully saturated rings. The van der Waals surface area contributed by atoms with Crippen molar-refractivity contribution in [3.05, 3.63) is 23.8 Å². The molecule has 0 saturated heterocycles. The van der Waals surface area contributed by atoms with E-state index in [4.69, 9.17) is 11.2 Å². The molecule has 1 aromatic rings. The predicted octanol–water partition coefficient (Wildman–Crippen LogP) is 1.54. The molecule has 0 unspecified atom stereocenters. The maximum absolute atomic E-state index is 11.8. The lowest BCUT2D eigenvalue weighted by molar-refractivity contribution is 0.0929. The van der Waals surface area contributed by atoms with Gasteiger partial charge in [-0.3, -0.25) is 4.79 Å². The Kier molecular flexibility index (Phi) is 3.64. The Morgan fingerprint density at radius 1 is 1.53 bits per heavy atom. The minimum Gasteiger partial charge on any atom is -0.504 e. The molecule has 2 N–H and O–H groups in total. The number of terminal acetylenes is 1. The fourth-order valence-electron chi connectivity index (χ4n) is 1.22. The van der Waals surface area contributed by atoms with Crippen molar-refractivity contribution in [3.8, 4) is 23.8 Å². The summed E-state index contributed by atoms with van der Waals surface area (Å²) in [4.78, 5) is 11.8. The number of hydrogen-bond acceptors (Lipinski definition) is 3. The Morgan fingerprint density at radius 2 is 2.18 bits per heavy atom. The van der Waals surface area contributed by atoms with Crippen LogP contribution in [0.4, 0.5) is 0 Å². The Bertz CT molecular complexity index is 472. The SMILES string of the molecule is C#CC(C)(C)NC(=O)c1ccc(OC)c(O)c1. The fraction of sp³-hybridized carbons (Fsp3) is 0.308. The molecule has 0 spiro atoms. The van der Waals surface area contributed by atoms with Gasteiger partial charge >= 0.3 is 0 Å². The van der Waals surface area contributed by atoms with Crippen LogP contribution >= 0.6 is 0 Å². The van der Waals surface area contributed by atoms with Crippen molar-refractivity contribution in [1.82, 2.24) is 5.32 Å². The van der Waals surface area contributed by atoms with Crippen LogP contribution in [0.1, 0.15) is 24.2 Å². The molecule has 0 aliphatic carbocycles. The number of phenolic OH excluding ortho intramolecular Hbond substituents is 1. The van der Waals surface area contributed by atoms with E-state index in [2.05, 4.69) is 11.2 Å². The number of aromatic hydroxyl groups is 1. The number of benzene rings is 1. The lowest BCUT2D eigenvalue weighted by Gasteiger charge is -2.19. The molecule has 1 amide bonds. The van der Waals surface area contributed by atoms with Crippen LogP contribution in [-0.2, 0) is 0 Å². The molecule has 0 saturated carbocycles. The highest BCUT2D eigenvalue weighted by Crippen LogP contribution is 2.26.